The van der Waals surface area contributed by atoms with Gasteiger partial charge in [-0.05, 0) is 37.5 Å². The summed E-state index contributed by atoms with van der Waals surface area (Å²) in [6.07, 6.45) is 0. The lowest BCUT2D eigenvalue weighted by molar-refractivity contribution is -0.147. The summed E-state index contributed by atoms with van der Waals surface area (Å²) in [5.41, 5.74) is 7.81. The van der Waals surface area contributed by atoms with E-state index in [0.29, 0.717) is 5.56 Å². The van der Waals surface area contributed by atoms with Gasteiger partial charge in [0.15, 0.2) is 5.92 Å². The number of rotatable bonds is 4. The van der Waals surface area contributed by atoms with Gasteiger partial charge in [-0.15, -0.1) is 0 Å². The monoisotopic (exact) mass is 235 g/mol. The molecule has 0 saturated heterocycles. The van der Waals surface area contributed by atoms with E-state index in [1.807, 2.05) is 19.9 Å². The molecule has 0 aliphatic heterocycles. The Bertz CT molecular complexity index is 440. The summed E-state index contributed by atoms with van der Waals surface area (Å²) >= 11 is 0. The highest BCUT2D eigenvalue weighted by Crippen LogP contribution is 2.23. The molecule has 0 radical (unpaired) electrons. The Morgan fingerprint density at radius 2 is 2.00 bits per heavy atom. The molecule has 2 N–H and O–H groups in total. The zero-order chi connectivity index (χ0) is 13.0. The van der Waals surface area contributed by atoms with Gasteiger partial charge in [0.1, 0.15) is 0 Å². The number of carbonyl (C=O) groups is 2. The minimum atomic E-state index is -1.02. The Morgan fingerprint density at radius 1 is 1.35 bits per heavy atom. The molecule has 0 fully saturated rings. The van der Waals surface area contributed by atoms with Gasteiger partial charge in [-0.25, -0.2) is 0 Å². The maximum atomic E-state index is 11.7. The van der Waals surface area contributed by atoms with Crippen molar-refractivity contribution in [2.24, 2.45) is 5.73 Å². The molecule has 17 heavy (non-hydrogen) atoms. The first-order valence-electron chi connectivity index (χ1n) is 5.51. The van der Waals surface area contributed by atoms with Gasteiger partial charge in [0, 0.05) is 0 Å². The Hall–Kier alpha value is -1.84. The van der Waals surface area contributed by atoms with E-state index >= 15 is 0 Å². The number of amides is 1. The zero-order valence-corrected chi connectivity index (χ0v) is 10.3. The average molecular weight is 235 g/mol. The van der Waals surface area contributed by atoms with Crippen LogP contribution < -0.4 is 5.73 Å². The van der Waals surface area contributed by atoms with Gasteiger partial charge < -0.3 is 10.5 Å². The van der Waals surface area contributed by atoms with Crippen LogP contribution in [0.3, 0.4) is 0 Å². The van der Waals surface area contributed by atoms with Crippen LogP contribution in [0.1, 0.15) is 29.5 Å². The molecular weight excluding hydrogens is 218 g/mol. The first kappa shape index (κ1) is 13.2. The lowest BCUT2D eigenvalue weighted by Gasteiger charge is -2.16. The fourth-order valence-electron chi connectivity index (χ4n) is 1.71. The van der Waals surface area contributed by atoms with Crippen molar-refractivity contribution in [1.82, 2.24) is 0 Å². The number of aryl methyl sites for hydroxylation is 1. The average Bonchev–Trinajstić information content (AvgIpc) is 2.24. The third kappa shape index (κ3) is 2.84. The van der Waals surface area contributed by atoms with Crippen molar-refractivity contribution < 1.29 is 14.3 Å². The number of hydrogen-bond acceptors (Lipinski definition) is 3. The fraction of sp³-hybridized carbons (Fsp3) is 0.385. The van der Waals surface area contributed by atoms with Gasteiger partial charge in [0.25, 0.3) is 0 Å². The van der Waals surface area contributed by atoms with E-state index in [4.69, 9.17) is 10.5 Å². The van der Waals surface area contributed by atoms with Gasteiger partial charge >= 0.3 is 5.97 Å². The van der Waals surface area contributed by atoms with Crippen LogP contribution in [0.5, 0.6) is 0 Å². The molecule has 1 unspecified atom stereocenters. The molecule has 0 aliphatic rings. The predicted molar refractivity (Wildman–Crippen MR) is 64.5 cm³/mol. The minimum Gasteiger partial charge on any atom is -0.465 e. The second kappa shape index (κ2) is 5.48. The molecule has 0 aliphatic carbocycles. The third-order valence-electron chi connectivity index (χ3n) is 2.76. The third-order valence-corrected chi connectivity index (χ3v) is 2.76. The van der Waals surface area contributed by atoms with Crippen LogP contribution in [-0.4, -0.2) is 18.5 Å². The summed E-state index contributed by atoms with van der Waals surface area (Å²) in [5.74, 6) is -2.29. The highest BCUT2D eigenvalue weighted by Gasteiger charge is 2.29. The molecule has 4 nitrogen and oxygen atoms in total. The number of esters is 1. The highest BCUT2D eigenvalue weighted by atomic mass is 16.5. The van der Waals surface area contributed by atoms with Gasteiger partial charge in [-0.3, -0.25) is 9.59 Å². The first-order valence-corrected chi connectivity index (χ1v) is 5.51. The number of carbonyl (C=O) groups excluding carboxylic acids is 2. The van der Waals surface area contributed by atoms with E-state index in [0.717, 1.165) is 11.1 Å². The van der Waals surface area contributed by atoms with Crippen molar-refractivity contribution in [2.75, 3.05) is 6.61 Å². The Morgan fingerprint density at radius 3 is 2.53 bits per heavy atom. The number of benzene rings is 1. The zero-order valence-electron chi connectivity index (χ0n) is 10.3. The second-order valence-corrected chi connectivity index (χ2v) is 3.88. The molecule has 0 saturated carbocycles. The van der Waals surface area contributed by atoms with Crippen LogP contribution in [0.2, 0.25) is 0 Å². The molecule has 0 aromatic heterocycles. The molecular formula is C13H17NO3. The predicted octanol–water partition coefficient (Wildman–Crippen LogP) is 1.44. The standard InChI is InChI=1S/C13H17NO3/c1-4-17-13(16)11(12(14)15)10-7-5-6-8(2)9(10)3/h5-7,11H,4H2,1-3H3,(H2,14,15). The van der Waals surface area contributed by atoms with E-state index in [1.165, 1.54) is 0 Å². The van der Waals surface area contributed by atoms with Gasteiger partial charge in [0.2, 0.25) is 5.91 Å². The summed E-state index contributed by atoms with van der Waals surface area (Å²) in [4.78, 5) is 23.1. The van der Waals surface area contributed by atoms with E-state index in [9.17, 15) is 9.59 Å². The van der Waals surface area contributed by atoms with Crippen molar-refractivity contribution in [3.8, 4) is 0 Å². The van der Waals surface area contributed by atoms with Crippen LogP contribution in [0.15, 0.2) is 18.2 Å². The first-order chi connectivity index (χ1) is 7.99. The summed E-state index contributed by atoms with van der Waals surface area (Å²) in [7, 11) is 0. The Labute approximate surface area is 101 Å². The van der Waals surface area contributed by atoms with Crippen LogP contribution in [0.25, 0.3) is 0 Å². The maximum absolute atomic E-state index is 11.7. The normalized spacial score (nSPS) is 11.9. The molecule has 1 amide bonds. The molecule has 0 bridgehead atoms. The smallest absolute Gasteiger partial charge is 0.323 e. The van der Waals surface area contributed by atoms with Crippen LogP contribution in [0.4, 0.5) is 0 Å². The minimum absolute atomic E-state index is 0.230. The summed E-state index contributed by atoms with van der Waals surface area (Å²) in [5, 5.41) is 0. The van der Waals surface area contributed by atoms with E-state index in [2.05, 4.69) is 0 Å². The molecule has 0 heterocycles. The molecule has 4 heteroatoms. The highest BCUT2D eigenvalue weighted by molar-refractivity contribution is 6.03. The Kier molecular flexibility index (Phi) is 4.26. The summed E-state index contributed by atoms with van der Waals surface area (Å²) < 4.78 is 4.87. The van der Waals surface area contributed by atoms with E-state index in [1.54, 1.807) is 19.1 Å². The van der Waals surface area contributed by atoms with Crippen LogP contribution in [0, 0.1) is 13.8 Å². The number of hydrogen-bond donors (Lipinski definition) is 1. The Balaban J connectivity index is 3.19. The SMILES string of the molecule is CCOC(=O)C(C(N)=O)c1cccc(C)c1C. The van der Waals surface area contributed by atoms with Gasteiger partial charge in [-0.2, -0.15) is 0 Å². The fourth-order valence-corrected chi connectivity index (χ4v) is 1.71. The summed E-state index contributed by atoms with van der Waals surface area (Å²) in [6, 6.07) is 5.45. The number of primary amides is 1. The van der Waals surface area contributed by atoms with E-state index < -0.39 is 17.8 Å². The topological polar surface area (TPSA) is 69.4 Å². The quantitative estimate of drug-likeness (QED) is 0.634. The van der Waals surface area contributed by atoms with Crippen LogP contribution >= 0.6 is 0 Å². The van der Waals surface area contributed by atoms with E-state index in [-0.39, 0.29) is 6.61 Å². The molecule has 1 atom stereocenters. The lowest BCUT2D eigenvalue weighted by atomic mass is 9.92. The van der Waals surface area contributed by atoms with Crippen LogP contribution in [-0.2, 0) is 14.3 Å². The molecule has 1 aromatic carbocycles. The van der Waals surface area contributed by atoms with Crippen molar-refractivity contribution >= 4 is 11.9 Å². The largest absolute Gasteiger partial charge is 0.465 e. The van der Waals surface area contributed by atoms with Crippen molar-refractivity contribution in [2.45, 2.75) is 26.7 Å². The summed E-state index contributed by atoms with van der Waals surface area (Å²) in [6.45, 7) is 5.70. The lowest BCUT2D eigenvalue weighted by Crippen LogP contribution is -2.30. The van der Waals surface area contributed by atoms with Crippen molar-refractivity contribution in [3.63, 3.8) is 0 Å². The second-order valence-electron chi connectivity index (χ2n) is 3.88. The van der Waals surface area contributed by atoms with Crippen molar-refractivity contribution in [1.29, 1.82) is 0 Å². The molecule has 1 rings (SSSR count). The van der Waals surface area contributed by atoms with Crippen molar-refractivity contribution in [3.05, 3.63) is 34.9 Å². The van der Waals surface area contributed by atoms with Gasteiger partial charge in [0.05, 0.1) is 6.61 Å². The number of nitrogens with two attached hydrogens (primary N) is 1. The molecule has 0 spiro atoms. The molecule has 92 valence electrons. The maximum Gasteiger partial charge on any atom is 0.323 e. The number of ether oxygens (including phenoxy) is 1. The van der Waals surface area contributed by atoms with Gasteiger partial charge in [-0.1, -0.05) is 18.2 Å². The molecule has 1 aromatic rings.